The third-order valence-electron chi connectivity index (χ3n) is 8.22. The third-order valence-corrected chi connectivity index (χ3v) is 10.3. The average molecular weight is 549 g/mol. The van der Waals surface area contributed by atoms with Crippen LogP contribution in [0.15, 0.2) is 68.1 Å². The third kappa shape index (κ3) is 3.23. The summed E-state index contributed by atoms with van der Waals surface area (Å²) >= 11 is 2.88. The smallest absolute Gasteiger partial charge is 0.216 e. The Labute approximate surface area is 230 Å². The number of carbonyl (C=O) groups excluding carboxylic acids is 1. The number of carbonyl (C=O) groups is 1. The highest BCUT2D eigenvalue weighted by molar-refractivity contribution is 7.25. The van der Waals surface area contributed by atoms with Crippen LogP contribution < -0.4 is 16.2 Å². The van der Waals surface area contributed by atoms with Crippen molar-refractivity contribution in [2.24, 2.45) is 9.98 Å². The molecule has 0 amide bonds. The number of nitrogens with zero attached hydrogens (tertiary/aromatic N) is 4. The van der Waals surface area contributed by atoms with Crippen LogP contribution in [0.5, 0.6) is 0 Å². The summed E-state index contributed by atoms with van der Waals surface area (Å²) in [6.07, 6.45) is 5.69. The molecule has 0 N–H and O–H groups in total. The lowest BCUT2D eigenvalue weighted by Crippen LogP contribution is -2.31. The lowest BCUT2D eigenvalue weighted by atomic mass is 9.72. The second kappa shape index (κ2) is 8.27. The Morgan fingerprint density at radius 1 is 0.718 bits per heavy atom. The van der Waals surface area contributed by atoms with Gasteiger partial charge in [-0.3, -0.25) is 14.4 Å². The molecule has 2 heterocycles. The van der Waals surface area contributed by atoms with E-state index in [1.165, 1.54) is 29.1 Å². The number of Topliss-reactive ketones (excluding diaryl/α,β-unsaturated/α-hetero) is 1. The Bertz CT molecular complexity index is 2000. The van der Waals surface area contributed by atoms with Gasteiger partial charge >= 0.3 is 0 Å². The number of thiazole rings is 2. The Kier molecular flexibility index (Phi) is 4.88. The van der Waals surface area contributed by atoms with Crippen molar-refractivity contribution in [1.82, 2.24) is 9.97 Å². The molecule has 39 heavy (non-hydrogen) atoms. The van der Waals surface area contributed by atoms with E-state index in [4.69, 9.17) is 15.0 Å². The van der Waals surface area contributed by atoms with Crippen LogP contribution >= 0.6 is 22.7 Å². The molecule has 2 aromatic heterocycles. The summed E-state index contributed by atoms with van der Waals surface area (Å²) in [5, 5.41) is 1.72. The van der Waals surface area contributed by atoms with E-state index in [0.29, 0.717) is 33.2 Å². The fraction of sp³-hybridized carbons (Fsp3) is 0.233. The first-order valence-corrected chi connectivity index (χ1v) is 14.7. The van der Waals surface area contributed by atoms with E-state index < -0.39 is 0 Å². The van der Waals surface area contributed by atoms with E-state index in [0.717, 1.165) is 58.0 Å². The summed E-state index contributed by atoms with van der Waals surface area (Å²) in [5.41, 5.74) is 3.19. The van der Waals surface area contributed by atoms with Crippen molar-refractivity contribution in [1.29, 1.82) is 0 Å². The second-order valence-electron chi connectivity index (χ2n) is 10.4. The number of benzene rings is 2. The van der Waals surface area contributed by atoms with Gasteiger partial charge in [0.1, 0.15) is 0 Å². The first-order valence-electron chi connectivity index (χ1n) is 13.0. The van der Waals surface area contributed by atoms with Crippen molar-refractivity contribution >= 4 is 55.2 Å². The largest absolute Gasteiger partial charge is 0.287 e. The van der Waals surface area contributed by atoms with Gasteiger partial charge in [-0.15, -0.1) is 0 Å². The first kappa shape index (κ1) is 23.0. The van der Waals surface area contributed by atoms with E-state index >= 15 is 0 Å². The molecule has 0 bridgehead atoms. The summed E-state index contributed by atoms with van der Waals surface area (Å²) in [4.78, 5) is 60.0. The van der Waals surface area contributed by atoms with Gasteiger partial charge < -0.3 is 0 Å². The van der Waals surface area contributed by atoms with Gasteiger partial charge in [0.2, 0.25) is 26.9 Å². The molecule has 7 nitrogen and oxygen atoms in total. The average Bonchev–Trinajstić information content (AvgIpc) is 3.74. The van der Waals surface area contributed by atoms with Gasteiger partial charge in [0, 0.05) is 22.8 Å². The molecule has 0 radical (unpaired) electrons. The molecule has 1 saturated carbocycles. The van der Waals surface area contributed by atoms with Gasteiger partial charge in [-0.1, -0.05) is 90.5 Å². The molecule has 0 saturated heterocycles. The fourth-order valence-corrected chi connectivity index (χ4v) is 8.60. The molecule has 0 unspecified atom stereocenters. The summed E-state index contributed by atoms with van der Waals surface area (Å²) in [6.45, 7) is 0. The van der Waals surface area contributed by atoms with Crippen molar-refractivity contribution in [3.63, 3.8) is 0 Å². The molecule has 8 rings (SSSR count). The molecule has 1 fully saturated rings. The topological polar surface area (TPSA) is 102 Å². The first-order chi connectivity index (χ1) is 19.0. The summed E-state index contributed by atoms with van der Waals surface area (Å²) in [6, 6.07) is 14.5. The van der Waals surface area contributed by atoms with Crippen LogP contribution in [0.4, 0.5) is 10.3 Å². The Balaban J connectivity index is 1.26. The van der Waals surface area contributed by atoms with Crippen LogP contribution in [0.3, 0.4) is 0 Å². The standard InChI is InChI=1S/C30H20N4O3S2/c35-21-16-9-3-2-8-15(16)14-19(21)31-28-33-26-24(38-28)25-27(30(26)12-6-1-7-13-30)34-29(39-25)32-20-22(36)17-10-4-5-11-18(17)23(20)37/h2-5,8-11H,1,6-7,12-14H2/b31-19+. The summed E-state index contributed by atoms with van der Waals surface area (Å²) < 4.78 is 0. The Morgan fingerprint density at radius 2 is 1.31 bits per heavy atom. The molecule has 3 aliphatic rings. The maximum atomic E-state index is 12.9. The van der Waals surface area contributed by atoms with Gasteiger partial charge in [0.25, 0.3) is 0 Å². The Hall–Kier alpha value is -3.95. The highest BCUT2D eigenvalue weighted by atomic mass is 32.1. The molecule has 5 aromatic rings. The monoisotopic (exact) mass is 548 g/mol. The molecule has 0 aliphatic heterocycles. The van der Waals surface area contributed by atoms with Crippen molar-refractivity contribution in [2.75, 3.05) is 0 Å². The van der Waals surface area contributed by atoms with Crippen LogP contribution in [-0.4, -0.2) is 21.5 Å². The summed E-state index contributed by atoms with van der Waals surface area (Å²) in [5.74, 6) is -0.0307. The maximum absolute atomic E-state index is 12.9. The minimum atomic E-state index is -0.350. The van der Waals surface area contributed by atoms with E-state index in [1.54, 1.807) is 24.3 Å². The fourth-order valence-electron chi connectivity index (χ4n) is 6.36. The number of rotatable bonds is 2. The van der Waals surface area contributed by atoms with Crippen LogP contribution in [0.1, 0.15) is 59.4 Å². The van der Waals surface area contributed by atoms with E-state index in [-0.39, 0.29) is 27.4 Å². The number of hydrogen-bond acceptors (Lipinski definition) is 9. The number of aliphatic imine (C=N–C) groups is 1. The number of aromatic nitrogens is 2. The van der Waals surface area contributed by atoms with Crippen LogP contribution in [0.25, 0.3) is 20.5 Å². The van der Waals surface area contributed by atoms with Gasteiger partial charge in [0.15, 0.2) is 5.36 Å². The molecular formula is C30H20N4O3S2. The van der Waals surface area contributed by atoms with Crippen molar-refractivity contribution < 1.29 is 4.79 Å². The van der Waals surface area contributed by atoms with Crippen molar-refractivity contribution in [3.8, 4) is 9.75 Å². The molecular weight excluding hydrogens is 528 g/mol. The Morgan fingerprint density at radius 3 is 1.95 bits per heavy atom. The zero-order valence-corrected chi connectivity index (χ0v) is 22.3. The van der Waals surface area contributed by atoms with Gasteiger partial charge in [-0.25, -0.2) is 20.0 Å². The van der Waals surface area contributed by atoms with Gasteiger partial charge in [-0.2, -0.15) is 0 Å². The predicted molar refractivity (Wildman–Crippen MR) is 153 cm³/mol. The number of fused-ring (bicyclic) bond motifs is 7. The molecule has 190 valence electrons. The van der Waals surface area contributed by atoms with Crippen molar-refractivity contribution in [2.45, 2.75) is 43.9 Å². The molecule has 3 aromatic carbocycles. The highest BCUT2D eigenvalue weighted by Gasteiger charge is 2.49. The summed E-state index contributed by atoms with van der Waals surface area (Å²) in [7, 11) is 0. The predicted octanol–water partition coefficient (Wildman–Crippen LogP) is 5.32. The zero-order valence-electron chi connectivity index (χ0n) is 20.7. The normalized spacial score (nSPS) is 18.2. The molecule has 0 atom stereocenters. The highest BCUT2D eigenvalue weighted by Crippen LogP contribution is 2.60. The maximum Gasteiger partial charge on any atom is 0.216 e. The van der Waals surface area contributed by atoms with E-state index in [9.17, 15) is 14.4 Å². The quantitative estimate of drug-likeness (QED) is 0.297. The molecule has 3 aliphatic carbocycles. The molecule has 1 spiro atoms. The zero-order chi connectivity index (χ0) is 26.3. The minimum absolute atomic E-state index is 0.0307. The minimum Gasteiger partial charge on any atom is -0.287 e. The van der Waals surface area contributed by atoms with E-state index in [1.807, 2.05) is 24.3 Å². The van der Waals surface area contributed by atoms with E-state index in [2.05, 4.69) is 4.99 Å². The van der Waals surface area contributed by atoms with Gasteiger partial charge in [0.05, 0.1) is 32.3 Å². The SMILES string of the molecule is O=C1/C(=N/c2nc3c(s2)-c2sc(N=c4c(=O)c5ccccc5c4=O)nc2C32CCCCC2)Cc2ccccc21. The van der Waals surface area contributed by atoms with Gasteiger partial charge in [-0.05, 0) is 18.4 Å². The molecule has 9 heteroatoms. The second-order valence-corrected chi connectivity index (χ2v) is 12.3. The van der Waals surface area contributed by atoms with Crippen LogP contribution in [-0.2, 0) is 11.8 Å². The van der Waals surface area contributed by atoms with Crippen molar-refractivity contribution in [3.05, 3.63) is 96.8 Å². The number of ketones is 1. The van der Waals surface area contributed by atoms with Crippen LogP contribution in [0, 0.1) is 0 Å². The lowest BCUT2D eigenvalue weighted by Gasteiger charge is -2.32. The number of hydrogen-bond donors (Lipinski definition) is 0. The lowest BCUT2D eigenvalue weighted by molar-refractivity contribution is 0.106. The van der Waals surface area contributed by atoms with Crippen LogP contribution in [0.2, 0.25) is 0 Å².